The van der Waals surface area contributed by atoms with Crippen LogP contribution in [0.3, 0.4) is 0 Å². The molecule has 0 N–H and O–H groups in total. The van der Waals surface area contributed by atoms with Gasteiger partial charge in [0.25, 0.3) is 10.0 Å². The number of rotatable bonds is 8. The molecule has 3 aliphatic rings. The van der Waals surface area contributed by atoms with Gasteiger partial charge in [-0.1, -0.05) is 49.2 Å². The maximum atomic E-state index is 13.6. The Morgan fingerprint density at radius 1 is 0.955 bits per heavy atom. The Morgan fingerprint density at radius 3 is 2.43 bits per heavy atom. The second kappa shape index (κ2) is 11.3. The Hall–Kier alpha value is -3.75. The molecular weight excluding hydrogens is 570 g/mol. The van der Waals surface area contributed by atoms with Crippen LogP contribution in [0.15, 0.2) is 71.8 Å². The van der Waals surface area contributed by atoms with E-state index in [1.54, 1.807) is 30.5 Å². The van der Waals surface area contributed by atoms with Gasteiger partial charge in [0.15, 0.2) is 5.78 Å². The third-order valence-electron chi connectivity index (χ3n) is 10.00. The summed E-state index contributed by atoms with van der Waals surface area (Å²) in [5, 5.41) is 5.22. The summed E-state index contributed by atoms with van der Waals surface area (Å²) < 4.78 is 34.4. The number of carbonyl (C=O) groups is 1. The quantitative estimate of drug-likeness (QED) is 0.222. The van der Waals surface area contributed by atoms with Gasteiger partial charge in [0.05, 0.1) is 16.6 Å². The number of hydrogen-bond donors (Lipinski definition) is 0. The summed E-state index contributed by atoms with van der Waals surface area (Å²) in [5.74, 6) is 0.977. The number of ketones is 1. The van der Waals surface area contributed by atoms with Crippen molar-refractivity contribution in [1.29, 1.82) is 0 Å². The molecule has 0 spiro atoms. The summed E-state index contributed by atoms with van der Waals surface area (Å²) in [5.41, 5.74) is 6.29. The van der Waals surface area contributed by atoms with Gasteiger partial charge in [-0.2, -0.15) is 17.6 Å². The van der Waals surface area contributed by atoms with E-state index in [9.17, 15) is 13.2 Å². The zero-order valence-corrected chi connectivity index (χ0v) is 26.3. The summed E-state index contributed by atoms with van der Waals surface area (Å²) >= 11 is 0. The van der Waals surface area contributed by atoms with Gasteiger partial charge in [-0.15, -0.1) is 0 Å². The number of hydrogen-bond acceptors (Lipinski definition) is 6. The second-order valence-electron chi connectivity index (χ2n) is 12.6. The molecule has 8 heteroatoms. The minimum atomic E-state index is -3.86. The van der Waals surface area contributed by atoms with Gasteiger partial charge >= 0.3 is 0 Å². The minimum absolute atomic E-state index is 0.161. The lowest BCUT2D eigenvalue weighted by Crippen LogP contribution is -2.33. The van der Waals surface area contributed by atoms with Crippen molar-refractivity contribution in [2.75, 3.05) is 26.2 Å². The largest absolute Gasteiger partial charge is 0.492 e. The fourth-order valence-electron chi connectivity index (χ4n) is 7.48. The number of carbonyl (C=O) groups excluding carboxylic acids is 1. The highest BCUT2D eigenvalue weighted by Crippen LogP contribution is 2.58. The van der Waals surface area contributed by atoms with Crippen molar-refractivity contribution >= 4 is 37.9 Å². The van der Waals surface area contributed by atoms with Crippen LogP contribution in [0.5, 0.6) is 5.75 Å². The number of Topliss-reactive ketones (excluding diaryl/α,β-unsaturated/α-hetero) is 1. The molecular formula is C36H39N3O4S. The Morgan fingerprint density at radius 2 is 1.70 bits per heavy atom. The molecule has 228 valence electrons. The van der Waals surface area contributed by atoms with Crippen LogP contribution < -0.4 is 4.74 Å². The molecule has 1 aliphatic heterocycles. The van der Waals surface area contributed by atoms with Crippen molar-refractivity contribution in [3.63, 3.8) is 0 Å². The Labute approximate surface area is 259 Å². The Bertz CT molecular complexity index is 1870. The molecule has 0 saturated carbocycles. The van der Waals surface area contributed by atoms with Gasteiger partial charge in [-0.3, -0.25) is 9.69 Å². The van der Waals surface area contributed by atoms with E-state index >= 15 is 0 Å². The average molecular weight is 610 g/mol. The standard InChI is InChI=1S/C36H39N3O4S/c1-3-36-18-17-33(40)34(26-9-11-27(12-10-26)43-22-21-38-19-5-4-6-20-38)35(36)29-15-16-32-31(30(29)23-36)24-37-39(32)44(41,42)28-13-7-25(2)8-14-28/h7-16,24H,3-6,17-23H2,1-2H3. The van der Waals surface area contributed by atoms with Gasteiger partial charge in [-0.05, 0) is 105 Å². The SMILES string of the molecule is CCC12CCC(=O)C(c3ccc(OCCN4CCCCC4)cc3)=C1c1ccc3c(cnn3S(=O)(=O)c3ccc(C)cc3)c1C2. The first kappa shape index (κ1) is 29.0. The van der Waals surface area contributed by atoms with Crippen molar-refractivity contribution in [1.82, 2.24) is 14.1 Å². The molecule has 44 heavy (non-hydrogen) atoms. The summed E-state index contributed by atoms with van der Waals surface area (Å²) in [6.07, 6.45) is 8.47. The number of ether oxygens (including phenoxy) is 1. The van der Waals surface area contributed by atoms with Crippen molar-refractivity contribution in [2.24, 2.45) is 5.41 Å². The van der Waals surface area contributed by atoms with E-state index in [0.717, 1.165) is 87.5 Å². The van der Waals surface area contributed by atoms with Crippen molar-refractivity contribution in [2.45, 2.75) is 63.7 Å². The maximum absolute atomic E-state index is 13.6. The normalized spacial score (nSPS) is 20.6. The first-order valence-electron chi connectivity index (χ1n) is 15.9. The van der Waals surface area contributed by atoms with Gasteiger partial charge in [-0.25, -0.2) is 0 Å². The average Bonchev–Trinajstić information content (AvgIpc) is 3.63. The highest BCUT2D eigenvalue weighted by atomic mass is 32.2. The molecule has 7 rings (SSSR count). The highest BCUT2D eigenvalue weighted by Gasteiger charge is 2.47. The lowest BCUT2D eigenvalue weighted by atomic mass is 9.67. The Kier molecular flexibility index (Phi) is 7.45. The summed E-state index contributed by atoms with van der Waals surface area (Å²) in [6, 6.07) is 18.7. The number of aromatic nitrogens is 2. The number of nitrogens with zero attached hydrogens (tertiary/aromatic N) is 3. The zero-order chi connectivity index (χ0) is 30.5. The smallest absolute Gasteiger partial charge is 0.283 e. The predicted molar refractivity (Wildman–Crippen MR) is 173 cm³/mol. The molecule has 2 aliphatic carbocycles. The van der Waals surface area contributed by atoms with Gasteiger partial charge in [0.1, 0.15) is 12.4 Å². The fraction of sp³-hybridized carbons (Fsp3) is 0.389. The molecule has 1 aromatic heterocycles. The fourth-order valence-corrected chi connectivity index (χ4v) is 8.75. The van der Waals surface area contributed by atoms with E-state index in [2.05, 4.69) is 16.9 Å². The van der Waals surface area contributed by atoms with Crippen LogP contribution in [0, 0.1) is 12.3 Å². The summed E-state index contributed by atoms with van der Waals surface area (Å²) in [6.45, 7) is 8.01. The van der Waals surface area contributed by atoms with Crippen molar-refractivity contribution < 1.29 is 17.9 Å². The molecule has 1 unspecified atom stereocenters. The number of allylic oxidation sites excluding steroid dienone is 2. The van der Waals surface area contributed by atoms with E-state index in [4.69, 9.17) is 4.74 Å². The monoisotopic (exact) mass is 609 g/mol. The molecule has 0 amide bonds. The van der Waals surface area contributed by atoms with Crippen LogP contribution in [0.1, 0.15) is 67.7 Å². The van der Waals surface area contributed by atoms with Crippen LogP contribution in [0.2, 0.25) is 0 Å². The second-order valence-corrected chi connectivity index (χ2v) is 14.4. The molecule has 0 radical (unpaired) electrons. The molecule has 1 atom stereocenters. The third-order valence-corrected chi connectivity index (χ3v) is 11.6. The molecule has 1 fully saturated rings. The van der Waals surface area contributed by atoms with Crippen LogP contribution in [-0.2, 0) is 21.2 Å². The minimum Gasteiger partial charge on any atom is -0.492 e. The highest BCUT2D eigenvalue weighted by molar-refractivity contribution is 7.90. The lowest BCUT2D eigenvalue weighted by Gasteiger charge is -2.35. The first-order valence-corrected chi connectivity index (χ1v) is 17.3. The molecule has 4 aromatic rings. The van der Waals surface area contributed by atoms with E-state index in [0.29, 0.717) is 18.5 Å². The van der Waals surface area contributed by atoms with Crippen molar-refractivity contribution in [3.8, 4) is 5.75 Å². The first-order chi connectivity index (χ1) is 21.3. The van der Waals surface area contributed by atoms with Gasteiger partial charge in [0, 0.05) is 29.3 Å². The maximum Gasteiger partial charge on any atom is 0.283 e. The molecule has 1 saturated heterocycles. The molecule has 3 aromatic carbocycles. The summed E-state index contributed by atoms with van der Waals surface area (Å²) in [4.78, 5) is 16.3. The number of piperidine rings is 1. The van der Waals surface area contributed by atoms with E-state index in [1.165, 1.54) is 19.3 Å². The number of likely N-dealkylation sites (tertiary alicyclic amines) is 1. The number of fused-ring (bicyclic) bond motifs is 5. The van der Waals surface area contributed by atoms with Crippen molar-refractivity contribution in [3.05, 3.63) is 89.1 Å². The number of aryl methyl sites for hydroxylation is 1. The lowest BCUT2D eigenvalue weighted by molar-refractivity contribution is -0.114. The van der Waals surface area contributed by atoms with E-state index in [1.807, 2.05) is 43.3 Å². The van der Waals surface area contributed by atoms with Gasteiger partial charge in [0.2, 0.25) is 0 Å². The third kappa shape index (κ3) is 4.88. The zero-order valence-electron chi connectivity index (χ0n) is 25.5. The Balaban J connectivity index is 1.24. The van der Waals surface area contributed by atoms with Crippen LogP contribution in [-0.4, -0.2) is 54.5 Å². The van der Waals surface area contributed by atoms with Crippen LogP contribution in [0.4, 0.5) is 0 Å². The molecule has 7 nitrogen and oxygen atoms in total. The predicted octanol–water partition coefficient (Wildman–Crippen LogP) is 6.67. The molecule has 2 heterocycles. The van der Waals surface area contributed by atoms with E-state index in [-0.39, 0.29) is 16.1 Å². The van der Waals surface area contributed by atoms with Crippen LogP contribution in [0.25, 0.3) is 22.0 Å². The van der Waals surface area contributed by atoms with Crippen LogP contribution >= 0.6 is 0 Å². The molecule has 0 bridgehead atoms. The number of benzene rings is 3. The van der Waals surface area contributed by atoms with E-state index < -0.39 is 10.0 Å². The van der Waals surface area contributed by atoms with Gasteiger partial charge < -0.3 is 4.74 Å². The summed E-state index contributed by atoms with van der Waals surface area (Å²) in [7, 11) is -3.86. The topological polar surface area (TPSA) is 81.5 Å².